The van der Waals surface area contributed by atoms with Gasteiger partial charge in [0.25, 0.3) is 0 Å². The lowest BCUT2D eigenvalue weighted by molar-refractivity contribution is 0.454. The summed E-state index contributed by atoms with van der Waals surface area (Å²) in [5.74, 6) is 2.17. The molecule has 0 aromatic heterocycles. The lowest BCUT2D eigenvalue weighted by Gasteiger charge is -2.25. The van der Waals surface area contributed by atoms with Crippen LogP contribution in [-0.2, 0) is 0 Å². The first-order chi connectivity index (χ1) is 8.72. The summed E-state index contributed by atoms with van der Waals surface area (Å²) in [5, 5.41) is 4.71. The molecule has 1 unspecified atom stereocenters. The molecule has 1 fully saturated rings. The second-order valence-electron chi connectivity index (χ2n) is 6.22. The molecule has 0 amide bonds. The quantitative estimate of drug-likeness (QED) is 0.643. The van der Waals surface area contributed by atoms with E-state index in [1.165, 1.54) is 63.7 Å². The molecular weight excluding hydrogens is 238 g/mol. The largest absolute Gasteiger partial charge is 0.313 e. The maximum atomic E-state index is 3.74. The molecule has 1 aliphatic carbocycles. The standard InChI is InChI=1S/C16H33NS/c1-4-12-17-15(11-10-14(2)3)13-18-16-8-6-5-7-9-16/h14-17H,4-13H2,1-3H3. The normalized spacial score (nSPS) is 19.3. The van der Waals surface area contributed by atoms with Crippen LogP contribution in [-0.4, -0.2) is 23.6 Å². The van der Waals surface area contributed by atoms with Gasteiger partial charge in [-0.3, -0.25) is 0 Å². The number of nitrogens with one attached hydrogen (secondary N) is 1. The lowest BCUT2D eigenvalue weighted by Crippen LogP contribution is -2.33. The van der Waals surface area contributed by atoms with E-state index in [9.17, 15) is 0 Å². The average Bonchev–Trinajstić information content (AvgIpc) is 2.39. The van der Waals surface area contributed by atoms with Crippen LogP contribution in [0, 0.1) is 5.92 Å². The molecule has 0 aromatic carbocycles. The summed E-state index contributed by atoms with van der Waals surface area (Å²) in [6.45, 7) is 8.13. The summed E-state index contributed by atoms with van der Waals surface area (Å²) in [7, 11) is 0. The van der Waals surface area contributed by atoms with E-state index in [0.29, 0.717) is 0 Å². The van der Waals surface area contributed by atoms with E-state index < -0.39 is 0 Å². The number of rotatable bonds is 9. The molecule has 1 aliphatic rings. The van der Waals surface area contributed by atoms with Crippen molar-refractivity contribution in [2.75, 3.05) is 12.3 Å². The van der Waals surface area contributed by atoms with Gasteiger partial charge in [0.05, 0.1) is 0 Å². The smallest absolute Gasteiger partial charge is 0.0158 e. The fraction of sp³-hybridized carbons (Fsp3) is 1.00. The van der Waals surface area contributed by atoms with Crippen LogP contribution in [0.5, 0.6) is 0 Å². The molecule has 1 nitrogen and oxygen atoms in total. The zero-order valence-corrected chi connectivity index (χ0v) is 13.5. The van der Waals surface area contributed by atoms with Gasteiger partial charge in [0.2, 0.25) is 0 Å². The van der Waals surface area contributed by atoms with Crippen molar-refractivity contribution in [1.82, 2.24) is 5.32 Å². The van der Waals surface area contributed by atoms with Crippen LogP contribution in [0.2, 0.25) is 0 Å². The second kappa shape index (κ2) is 10.1. The zero-order valence-electron chi connectivity index (χ0n) is 12.7. The third kappa shape index (κ3) is 7.68. The molecule has 18 heavy (non-hydrogen) atoms. The first kappa shape index (κ1) is 16.4. The van der Waals surface area contributed by atoms with Crippen molar-refractivity contribution in [3.63, 3.8) is 0 Å². The maximum Gasteiger partial charge on any atom is 0.0158 e. The van der Waals surface area contributed by atoms with Crippen molar-refractivity contribution >= 4 is 11.8 Å². The molecule has 0 saturated heterocycles. The highest BCUT2D eigenvalue weighted by atomic mass is 32.2. The fourth-order valence-corrected chi connectivity index (χ4v) is 4.07. The summed E-state index contributed by atoms with van der Waals surface area (Å²) in [6.07, 6.45) is 11.3. The van der Waals surface area contributed by atoms with Gasteiger partial charge in [-0.15, -0.1) is 0 Å². The summed E-state index contributed by atoms with van der Waals surface area (Å²) in [4.78, 5) is 0. The van der Waals surface area contributed by atoms with Crippen LogP contribution in [0.4, 0.5) is 0 Å². The van der Waals surface area contributed by atoms with Crippen molar-refractivity contribution in [2.24, 2.45) is 5.92 Å². The summed E-state index contributed by atoms with van der Waals surface area (Å²) >= 11 is 2.25. The Hall–Kier alpha value is 0.310. The van der Waals surface area contributed by atoms with E-state index in [2.05, 4.69) is 37.8 Å². The highest BCUT2D eigenvalue weighted by Gasteiger charge is 2.16. The summed E-state index contributed by atoms with van der Waals surface area (Å²) in [6, 6.07) is 0.749. The van der Waals surface area contributed by atoms with Gasteiger partial charge < -0.3 is 5.32 Å². The van der Waals surface area contributed by atoms with Crippen molar-refractivity contribution < 1.29 is 0 Å². The Bertz CT molecular complexity index is 188. The van der Waals surface area contributed by atoms with Crippen LogP contribution >= 0.6 is 11.8 Å². The van der Waals surface area contributed by atoms with E-state index in [1.807, 2.05) is 0 Å². The van der Waals surface area contributed by atoms with Gasteiger partial charge in [0.1, 0.15) is 0 Å². The molecule has 108 valence electrons. The van der Waals surface area contributed by atoms with Gasteiger partial charge in [0, 0.05) is 17.0 Å². The van der Waals surface area contributed by atoms with Gasteiger partial charge in [0.15, 0.2) is 0 Å². The molecule has 0 aliphatic heterocycles. The Kier molecular flexibility index (Phi) is 9.22. The Morgan fingerprint density at radius 1 is 1.11 bits per heavy atom. The minimum atomic E-state index is 0.749. The van der Waals surface area contributed by atoms with E-state index in [4.69, 9.17) is 0 Å². The first-order valence-corrected chi connectivity index (χ1v) is 9.12. The molecule has 0 aromatic rings. The highest BCUT2D eigenvalue weighted by molar-refractivity contribution is 7.99. The maximum absolute atomic E-state index is 3.74. The van der Waals surface area contributed by atoms with Gasteiger partial charge >= 0.3 is 0 Å². The molecule has 1 atom stereocenters. The number of hydrogen-bond donors (Lipinski definition) is 1. The number of thioether (sulfide) groups is 1. The Morgan fingerprint density at radius 3 is 2.44 bits per heavy atom. The molecule has 0 radical (unpaired) electrons. The molecule has 1 saturated carbocycles. The third-order valence-corrected chi connectivity index (χ3v) is 5.40. The molecule has 0 spiro atoms. The SMILES string of the molecule is CCCNC(CCC(C)C)CSC1CCCCC1. The summed E-state index contributed by atoms with van der Waals surface area (Å²) < 4.78 is 0. The van der Waals surface area contributed by atoms with E-state index >= 15 is 0 Å². The first-order valence-electron chi connectivity index (χ1n) is 8.07. The van der Waals surface area contributed by atoms with Crippen molar-refractivity contribution in [3.05, 3.63) is 0 Å². The Morgan fingerprint density at radius 2 is 1.83 bits per heavy atom. The van der Waals surface area contributed by atoms with Crippen LogP contribution in [0.3, 0.4) is 0 Å². The third-order valence-electron chi connectivity index (χ3n) is 3.86. The van der Waals surface area contributed by atoms with Crippen LogP contribution in [0.15, 0.2) is 0 Å². The van der Waals surface area contributed by atoms with E-state index in [1.54, 1.807) is 0 Å². The number of hydrogen-bond acceptors (Lipinski definition) is 2. The monoisotopic (exact) mass is 271 g/mol. The Balaban J connectivity index is 2.20. The Labute approximate surface area is 119 Å². The minimum absolute atomic E-state index is 0.749. The van der Waals surface area contributed by atoms with Crippen LogP contribution < -0.4 is 5.32 Å². The van der Waals surface area contributed by atoms with Crippen LogP contribution in [0.25, 0.3) is 0 Å². The summed E-state index contributed by atoms with van der Waals surface area (Å²) in [5.41, 5.74) is 0. The van der Waals surface area contributed by atoms with Crippen molar-refractivity contribution in [2.45, 2.75) is 83.4 Å². The van der Waals surface area contributed by atoms with E-state index in [0.717, 1.165) is 17.2 Å². The lowest BCUT2D eigenvalue weighted by atomic mass is 10.0. The van der Waals surface area contributed by atoms with Gasteiger partial charge in [-0.05, 0) is 44.6 Å². The minimum Gasteiger partial charge on any atom is -0.313 e. The fourth-order valence-electron chi connectivity index (χ4n) is 2.61. The van der Waals surface area contributed by atoms with Crippen LogP contribution in [0.1, 0.15) is 72.1 Å². The van der Waals surface area contributed by atoms with Gasteiger partial charge in [-0.25, -0.2) is 0 Å². The van der Waals surface area contributed by atoms with Crippen molar-refractivity contribution in [1.29, 1.82) is 0 Å². The predicted octanol–water partition coefficient (Wildman–Crippen LogP) is 4.86. The van der Waals surface area contributed by atoms with E-state index in [-0.39, 0.29) is 0 Å². The molecule has 1 rings (SSSR count). The highest BCUT2D eigenvalue weighted by Crippen LogP contribution is 2.29. The molecule has 2 heteroatoms. The molecule has 0 heterocycles. The second-order valence-corrected chi connectivity index (χ2v) is 7.55. The average molecular weight is 272 g/mol. The van der Waals surface area contributed by atoms with Gasteiger partial charge in [-0.1, -0.05) is 40.0 Å². The molecule has 0 bridgehead atoms. The zero-order chi connectivity index (χ0) is 13.2. The molecule has 1 N–H and O–H groups in total. The topological polar surface area (TPSA) is 12.0 Å². The molecular formula is C16H33NS. The van der Waals surface area contributed by atoms with Crippen molar-refractivity contribution in [3.8, 4) is 0 Å². The van der Waals surface area contributed by atoms with Gasteiger partial charge in [-0.2, -0.15) is 11.8 Å². The predicted molar refractivity (Wildman–Crippen MR) is 85.5 cm³/mol.